The van der Waals surface area contributed by atoms with E-state index in [4.69, 9.17) is 17.3 Å². The lowest BCUT2D eigenvalue weighted by Crippen LogP contribution is -2.49. The van der Waals surface area contributed by atoms with Gasteiger partial charge in [-0.1, -0.05) is 11.6 Å². The van der Waals surface area contributed by atoms with Gasteiger partial charge in [0.15, 0.2) is 0 Å². The van der Waals surface area contributed by atoms with Crippen LogP contribution >= 0.6 is 11.6 Å². The summed E-state index contributed by atoms with van der Waals surface area (Å²) in [6, 6.07) is 4.88. The Morgan fingerprint density at radius 1 is 1.56 bits per heavy atom. The first-order valence-corrected chi connectivity index (χ1v) is 6.40. The molecule has 2 rings (SSSR count). The van der Waals surface area contributed by atoms with E-state index in [0.717, 1.165) is 31.7 Å². The Balaban J connectivity index is 1.93. The monoisotopic (exact) mass is 271 g/mol. The molecule has 1 aromatic carbocycles. The standard InChI is InChI=1S/C12H17ClFN4/c13-11-7-9(1-2-12(11)14)17-18-6-5-16-10(8-18)3-4-15/h1-2,7,10,17H,3-6,8,15H2. The maximum Gasteiger partial charge on any atom is 0.141 e. The third-order valence-corrected chi connectivity index (χ3v) is 3.18. The number of benzene rings is 1. The Bertz CT molecular complexity index is 400. The molecule has 1 saturated heterocycles. The lowest BCUT2D eigenvalue weighted by Gasteiger charge is -2.33. The van der Waals surface area contributed by atoms with Crippen LogP contribution in [0.5, 0.6) is 0 Å². The van der Waals surface area contributed by atoms with Crippen LogP contribution in [0, 0.1) is 5.82 Å². The van der Waals surface area contributed by atoms with E-state index in [1.807, 2.05) is 0 Å². The fourth-order valence-corrected chi connectivity index (χ4v) is 2.17. The van der Waals surface area contributed by atoms with Crippen molar-refractivity contribution in [3.8, 4) is 0 Å². The van der Waals surface area contributed by atoms with E-state index in [9.17, 15) is 4.39 Å². The van der Waals surface area contributed by atoms with Gasteiger partial charge in [0, 0.05) is 25.7 Å². The molecule has 0 saturated carbocycles. The van der Waals surface area contributed by atoms with Gasteiger partial charge in [0.1, 0.15) is 5.82 Å². The third kappa shape index (κ3) is 3.55. The number of rotatable bonds is 4. The van der Waals surface area contributed by atoms with Crippen LogP contribution in [0.1, 0.15) is 6.42 Å². The highest BCUT2D eigenvalue weighted by Gasteiger charge is 2.19. The molecule has 99 valence electrons. The molecule has 0 aliphatic carbocycles. The van der Waals surface area contributed by atoms with Crippen molar-refractivity contribution in [3.63, 3.8) is 0 Å². The number of nitrogens with two attached hydrogens (primary N) is 1. The van der Waals surface area contributed by atoms with Crippen LogP contribution in [-0.2, 0) is 0 Å². The van der Waals surface area contributed by atoms with E-state index in [1.54, 1.807) is 12.1 Å². The molecule has 0 aromatic heterocycles. The maximum absolute atomic E-state index is 13.0. The molecule has 1 unspecified atom stereocenters. The van der Waals surface area contributed by atoms with E-state index < -0.39 is 5.82 Å². The second kappa shape index (κ2) is 6.33. The van der Waals surface area contributed by atoms with E-state index in [2.05, 4.69) is 15.8 Å². The molecule has 0 spiro atoms. The van der Waals surface area contributed by atoms with E-state index in [-0.39, 0.29) is 11.1 Å². The van der Waals surface area contributed by atoms with Gasteiger partial charge in [0.2, 0.25) is 0 Å². The first-order valence-electron chi connectivity index (χ1n) is 6.02. The Morgan fingerprint density at radius 2 is 2.39 bits per heavy atom. The molecule has 1 aliphatic heterocycles. The van der Waals surface area contributed by atoms with Crippen molar-refractivity contribution in [2.45, 2.75) is 12.5 Å². The number of hydrogen-bond acceptors (Lipinski definition) is 3. The van der Waals surface area contributed by atoms with Crippen LogP contribution in [0.3, 0.4) is 0 Å². The molecule has 3 N–H and O–H groups in total. The van der Waals surface area contributed by atoms with Gasteiger partial charge < -0.3 is 11.2 Å². The zero-order valence-electron chi connectivity index (χ0n) is 10.1. The van der Waals surface area contributed by atoms with E-state index in [1.165, 1.54) is 6.07 Å². The lowest BCUT2D eigenvalue weighted by atomic mass is 10.1. The van der Waals surface area contributed by atoms with Gasteiger partial charge in [0.05, 0.1) is 10.7 Å². The first kappa shape index (κ1) is 13.5. The number of piperazine rings is 1. The van der Waals surface area contributed by atoms with Crippen molar-refractivity contribution < 1.29 is 4.39 Å². The number of hydrogen-bond donors (Lipinski definition) is 2. The van der Waals surface area contributed by atoms with Gasteiger partial charge in [-0.2, -0.15) is 0 Å². The molecule has 1 aromatic rings. The summed E-state index contributed by atoms with van der Waals surface area (Å²) in [5.74, 6) is -0.406. The van der Waals surface area contributed by atoms with Gasteiger partial charge in [-0.3, -0.25) is 0 Å². The van der Waals surface area contributed by atoms with Gasteiger partial charge in [-0.05, 0) is 31.2 Å². The van der Waals surface area contributed by atoms with Crippen molar-refractivity contribution in [2.75, 3.05) is 31.6 Å². The van der Waals surface area contributed by atoms with Gasteiger partial charge >= 0.3 is 0 Å². The first-order chi connectivity index (χ1) is 8.69. The minimum Gasteiger partial charge on any atom is -0.330 e. The smallest absolute Gasteiger partial charge is 0.141 e. The van der Waals surface area contributed by atoms with Crippen LogP contribution in [0.15, 0.2) is 18.2 Å². The Labute approximate surface area is 111 Å². The molecule has 1 aliphatic rings. The number of halogens is 2. The molecule has 0 amide bonds. The Hall–Kier alpha value is -0.880. The second-order valence-corrected chi connectivity index (χ2v) is 4.73. The van der Waals surface area contributed by atoms with Crippen molar-refractivity contribution in [1.82, 2.24) is 10.3 Å². The van der Waals surface area contributed by atoms with Crippen molar-refractivity contribution >= 4 is 17.3 Å². The lowest BCUT2D eigenvalue weighted by molar-refractivity contribution is 0.227. The van der Waals surface area contributed by atoms with Crippen LogP contribution in [0.2, 0.25) is 5.02 Å². The molecule has 1 radical (unpaired) electrons. The van der Waals surface area contributed by atoms with Crippen LogP contribution in [0.25, 0.3) is 0 Å². The fraction of sp³-hybridized carbons (Fsp3) is 0.500. The minimum absolute atomic E-state index is 0.125. The minimum atomic E-state index is -0.406. The summed E-state index contributed by atoms with van der Waals surface area (Å²) in [7, 11) is 0. The molecular weight excluding hydrogens is 255 g/mol. The predicted octanol–water partition coefficient (Wildman–Crippen LogP) is 1.44. The normalized spacial score (nSPS) is 20.9. The quantitative estimate of drug-likeness (QED) is 0.871. The maximum atomic E-state index is 13.0. The van der Waals surface area contributed by atoms with Crippen molar-refractivity contribution in [3.05, 3.63) is 29.0 Å². The second-order valence-electron chi connectivity index (χ2n) is 4.32. The van der Waals surface area contributed by atoms with Crippen molar-refractivity contribution in [1.29, 1.82) is 0 Å². The number of nitrogens with zero attached hydrogens (tertiary/aromatic N) is 2. The summed E-state index contributed by atoms with van der Waals surface area (Å²) in [5.41, 5.74) is 9.54. The zero-order chi connectivity index (χ0) is 13.0. The molecule has 18 heavy (non-hydrogen) atoms. The van der Waals surface area contributed by atoms with Crippen LogP contribution in [0.4, 0.5) is 10.1 Å². The molecule has 1 fully saturated rings. The van der Waals surface area contributed by atoms with Crippen molar-refractivity contribution in [2.24, 2.45) is 5.73 Å². The molecular formula is C12H17ClFN4. The average Bonchev–Trinajstić information content (AvgIpc) is 2.35. The molecule has 1 atom stereocenters. The summed E-state index contributed by atoms with van der Waals surface area (Å²) in [6.45, 7) is 3.07. The molecule has 0 bridgehead atoms. The Kier molecular flexibility index (Phi) is 4.77. The highest BCUT2D eigenvalue weighted by molar-refractivity contribution is 6.31. The largest absolute Gasteiger partial charge is 0.330 e. The topological polar surface area (TPSA) is 55.4 Å². The highest BCUT2D eigenvalue weighted by Crippen LogP contribution is 2.20. The molecule has 4 nitrogen and oxygen atoms in total. The Morgan fingerprint density at radius 3 is 3.11 bits per heavy atom. The summed E-state index contributed by atoms with van der Waals surface area (Å²) in [5, 5.41) is 6.69. The highest BCUT2D eigenvalue weighted by atomic mass is 35.5. The van der Waals surface area contributed by atoms with E-state index >= 15 is 0 Å². The summed E-state index contributed by atoms with van der Waals surface area (Å²) < 4.78 is 13.0. The zero-order valence-corrected chi connectivity index (χ0v) is 10.8. The summed E-state index contributed by atoms with van der Waals surface area (Å²) in [4.78, 5) is 0. The molecule has 6 heteroatoms. The van der Waals surface area contributed by atoms with Gasteiger partial charge in [-0.15, -0.1) is 0 Å². The summed E-state index contributed by atoms with van der Waals surface area (Å²) >= 11 is 5.74. The molecule has 1 heterocycles. The van der Waals surface area contributed by atoms with Gasteiger partial charge in [0.25, 0.3) is 0 Å². The predicted molar refractivity (Wildman–Crippen MR) is 71.1 cm³/mol. The number of anilines is 1. The summed E-state index contributed by atoms with van der Waals surface area (Å²) in [6.07, 6.45) is 0.891. The van der Waals surface area contributed by atoms with Crippen LogP contribution in [-0.4, -0.2) is 37.2 Å². The van der Waals surface area contributed by atoms with Crippen LogP contribution < -0.4 is 16.5 Å². The van der Waals surface area contributed by atoms with E-state index in [0.29, 0.717) is 6.54 Å². The number of nitrogens with one attached hydrogen (secondary N) is 1. The van der Waals surface area contributed by atoms with Gasteiger partial charge in [-0.25, -0.2) is 14.7 Å². The number of hydrazine groups is 1. The average molecular weight is 272 g/mol. The SMILES string of the molecule is NCCC1CN(Nc2ccc(F)c(Cl)c2)CC[N]1. The fourth-order valence-electron chi connectivity index (χ4n) is 1.99. The third-order valence-electron chi connectivity index (χ3n) is 2.90.